The Balaban J connectivity index is 2.95. The Morgan fingerprint density at radius 1 is 1.47 bits per heavy atom. The molecule has 1 aromatic carbocycles. The topological polar surface area (TPSA) is 67.6 Å². The molecule has 0 bridgehead atoms. The highest BCUT2D eigenvalue weighted by molar-refractivity contribution is 5.77. The predicted octanol–water partition coefficient (Wildman–Crippen LogP) is 1.01. The zero-order valence-electron chi connectivity index (χ0n) is 8.81. The minimum absolute atomic E-state index is 0.172. The smallest absolute Gasteiger partial charge is 0.213 e. The molecule has 1 unspecified atom stereocenters. The maximum Gasteiger partial charge on any atom is 0.213 e. The first-order valence-corrected chi connectivity index (χ1v) is 4.58. The Hall–Kier alpha value is -1.78. The van der Waals surface area contributed by atoms with E-state index in [9.17, 15) is 4.39 Å². The third-order valence-electron chi connectivity index (χ3n) is 2.43. The number of rotatable bonds is 2. The van der Waals surface area contributed by atoms with E-state index >= 15 is 0 Å². The molecule has 82 valence electrons. The van der Waals surface area contributed by atoms with Crippen molar-refractivity contribution < 1.29 is 4.39 Å². The predicted molar refractivity (Wildman–Crippen MR) is 58.4 cm³/mol. The second-order valence-electron chi connectivity index (χ2n) is 3.30. The Bertz CT molecular complexity index is 364. The SMILES string of the molecule is CC(c1ccccc1F)N(C)C(N)=NN. The van der Waals surface area contributed by atoms with E-state index in [0.717, 1.165) is 0 Å². The van der Waals surface area contributed by atoms with Crippen LogP contribution >= 0.6 is 0 Å². The van der Waals surface area contributed by atoms with Crippen LogP contribution in [0.25, 0.3) is 0 Å². The van der Waals surface area contributed by atoms with Gasteiger partial charge < -0.3 is 16.5 Å². The molecule has 0 radical (unpaired) electrons. The van der Waals surface area contributed by atoms with Gasteiger partial charge in [-0.1, -0.05) is 18.2 Å². The fourth-order valence-corrected chi connectivity index (χ4v) is 1.31. The number of hydrogen-bond donors (Lipinski definition) is 2. The molecule has 0 aliphatic carbocycles. The van der Waals surface area contributed by atoms with Crippen LogP contribution in [0, 0.1) is 5.82 Å². The van der Waals surface area contributed by atoms with E-state index in [1.54, 1.807) is 30.1 Å². The molecule has 0 saturated heterocycles. The summed E-state index contributed by atoms with van der Waals surface area (Å²) >= 11 is 0. The van der Waals surface area contributed by atoms with Crippen LogP contribution in [0.5, 0.6) is 0 Å². The van der Waals surface area contributed by atoms with Crippen LogP contribution in [0.15, 0.2) is 29.4 Å². The highest BCUT2D eigenvalue weighted by atomic mass is 19.1. The summed E-state index contributed by atoms with van der Waals surface area (Å²) in [4.78, 5) is 1.61. The molecule has 1 rings (SSSR count). The molecule has 4 nitrogen and oxygen atoms in total. The summed E-state index contributed by atoms with van der Waals surface area (Å²) in [6.45, 7) is 1.83. The lowest BCUT2D eigenvalue weighted by molar-refractivity contribution is 0.384. The third-order valence-corrected chi connectivity index (χ3v) is 2.43. The minimum atomic E-state index is -0.262. The molecule has 4 N–H and O–H groups in total. The number of benzene rings is 1. The van der Waals surface area contributed by atoms with Crippen molar-refractivity contribution in [2.24, 2.45) is 16.7 Å². The first-order chi connectivity index (χ1) is 7.07. The number of hydrogen-bond acceptors (Lipinski definition) is 2. The van der Waals surface area contributed by atoms with Crippen LogP contribution < -0.4 is 11.6 Å². The summed E-state index contributed by atoms with van der Waals surface area (Å²) < 4.78 is 13.4. The van der Waals surface area contributed by atoms with E-state index in [1.165, 1.54) is 6.07 Å². The molecule has 0 aromatic heterocycles. The lowest BCUT2D eigenvalue weighted by Crippen LogP contribution is -2.37. The zero-order valence-corrected chi connectivity index (χ0v) is 8.81. The van der Waals surface area contributed by atoms with Gasteiger partial charge in [0.05, 0.1) is 6.04 Å². The van der Waals surface area contributed by atoms with Crippen LogP contribution in [0.4, 0.5) is 4.39 Å². The zero-order chi connectivity index (χ0) is 11.4. The van der Waals surface area contributed by atoms with Gasteiger partial charge in [0.25, 0.3) is 0 Å². The quantitative estimate of drug-likeness (QED) is 0.331. The number of guanidine groups is 1. The monoisotopic (exact) mass is 210 g/mol. The Kier molecular flexibility index (Phi) is 3.49. The van der Waals surface area contributed by atoms with E-state index in [0.29, 0.717) is 5.56 Å². The van der Waals surface area contributed by atoms with E-state index in [4.69, 9.17) is 11.6 Å². The number of nitrogens with two attached hydrogens (primary N) is 2. The van der Waals surface area contributed by atoms with Gasteiger partial charge in [-0.2, -0.15) is 0 Å². The van der Waals surface area contributed by atoms with Gasteiger partial charge in [0.1, 0.15) is 5.82 Å². The van der Waals surface area contributed by atoms with Crippen molar-refractivity contribution >= 4 is 5.96 Å². The van der Waals surface area contributed by atoms with Crippen molar-refractivity contribution in [3.63, 3.8) is 0 Å². The molecule has 15 heavy (non-hydrogen) atoms. The maximum atomic E-state index is 13.4. The highest BCUT2D eigenvalue weighted by Crippen LogP contribution is 2.20. The molecular formula is C10H15FN4. The van der Waals surface area contributed by atoms with Gasteiger partial charge in [-0.25, -0.2) is 4.39 Å². The second kappa shape index (κ2) is 4.63. The lowest BCUT2D eigenvalue weighted by Gasteiger charge is -2.25. The molecule has 5 heteroatoms. The molecule has 0 amide bonds. The van der Waals surface area contributed by atoms with Gasteiger partial charge in [0, 0.05) is 12.6 Å². The molecule has 0 fully saturated rings. The lowest BCUT2D eigenvalue weighted by atomic mass is 10.1. The van der Waals surface area contributed by atoms with Crippen LogP contribution in [0.1, 0.15) is 18.5 Å². The van der Waals surface area contributed by atoms with Crippen molar-refractivity contribution in [2.75, 3.05) is 7.05 Å². The Morgan fingerprint density at radius 2 is 2.07 bits per heavy atom. The van der Waals surface area contributed by atoms with Crippen LogP contribution in [0.3, 0.4) is 0 Å². The fraction of sp³-hybridized carbons (Fsp3) is 0.300. The van der Waals surface area contributed by atoms with Crippen molar-refractivity contribution in [3.05, 3.63) is 35.6 Å². The highest BCUT2D eigenvalue weighted by Gasteiger charge is 2.16. The normalized spacial score (nSPS) is 13.7. The van der Waals surface area contributed by atoms with Crippen LogP contribution in [0.2, 0.25) is 0 Å². The third kappa shape index (κ3) is 2.37. The molecule has 0 heterocycles. The Labute approximate surface area is 88.4 Å². The summed E-state index contributed by atoms with van der Waals surface area (Å²) in [6.07, 6.45) is 0. The van der Waals surface area contributed by atoms with E-state index in [1.807, 2.05) is 6.92 Å². The summed E-state index contributed by atoms with van der Waals surface area (Å²) in [5, 5.41) is 3.36. The first kappa shape index (κ1) is 11.3. The molecule has 1 atom stereocenters. The van der Waals surface area contributed by atoms with E-state index in [-0.39, 0.29) is 17.8 Å². The summed E-state index contributed by atoms with van der Waals surface area (Å²) in [7, 11) is 1.71. The minimum Gasteiger partial charge on any atom is -0.368 e. The van der Waals surface area contributed by atoms with Gasteiger partial charge in [-0.15, -0.1) is 5.10 Å². The first-order valence-electron chi connectivity index (χ1n) is 4.58. The van der Waals surface area contributed by atoms with Crippen molar-refractivity contribution in [3.8, 4) is 0 Å². The van der Waals surface area contributed by atoms with Crippen LogP contribution in [-0.4, -0.2) is 17.9 Å². The van der Waals surface area contributed by atoms with Gasteiger partial charge in [0.15, 0.2) is 0 Å². The fourth-order valence-electron chi connectivity index (χ4n) is 1.31. The molecule has 0 aliphatic heterocycles. The number of nitrogens with zero attached hydrogens (tertiary/aromatic N) is 2. The summed E-state index contributed by atoms with van der Waals surface area (Å²) in [5.41, 5.74) is 6.09. The summed E-state index contributed by atoms with van der Waals surface area (Å²) in [5.74, 6) is 4.96. The largest absolute Gasteiger partial charge is 0.368 e. The average Bonchev–Trinajstić information content (AvgIpc) is 2.26. The molecule has 0 aliphatic rings. The number of halogens is 1. The number of hydrazone groups is 1. The van der Waals surface area contributed by atoms with Crippen LogP contribution in [-0.2, 0) is 0 Å². The van der Waals surface area contributed by atoms with Gasteiger partial charge in [-0.05, 0) is 13.0 Å². The average molecular weight is 210 g/mol. The van der Waals surface area contributed by atoms with Crippen molar-refractivity contribution in [2.45, 2.75) is 13.0 Å². The van der Waals surface area contributed by atoms with Gasteiger partial charge >= 0.3 is 0 Å². The molecular weight excluding hydrogens is 195 g/mol. The van der Waals surface area contributed by atoms with Gasteiger partial charge in [0.2, 0.25) is 5.96 Å². The summed E-state index contributed by atoms with van der Waals surface area (Å²) in [6, 6.07) is 6.33. The van der Waals surface area contributed by atoms with Crippen molar-refractivity contribution in [1.82, 2.24) is 4.90 Å². The second-order valence-corrected chi connectivity index (χ2v) is 3.30. The molecule has 0 spiro atoms. The standard InChI is InChI=1S/C10H15FN4/c1-7(15(2)10(12)14-13)8-5-3-4-6-9(8)11/h3-7H,13H2,1-2H3,(H2,12,14). The van der Waals surface area contributed by atoms with Gasteiger partial charge in [-0.3, -0.25) is 0 Å². The van der Waals surface area contributed by atoms with E-state index < -0.39 is 0 Å². The maximum absolute atomic E-state index is 13.4. The Morgan fingerprint density at radius 3 is 2.60 bits per heavy atom. The molecule has 1 aromatic rings. The molecule has 0 saturated carbocycles. The van der Waals surface area contributed by atoms with E-state index in [2.05, 4.69) is 5.10 Å². The van der Waals surface area contributed by atoms with Crippen molar-refractivity contribution in [1.29, 1.82) is 0 Å².